The van der Waals surface area contributed by atoms with Crippen LogP contribution in [0.2, 0.25) is 0 Å². The van der Waals surface area contributed by atoms with E-state index in [0.29, 0.717) is 17.5 Å². The highest BCUT2D eigenvalue weighted by Crippen LogP contribution is 2.31. The first-order chi connectivity index (χ1) is 13.2. The van der Waals surface area contributed by atoms with E-state index in [-0.39, 0.29) is 0 Å². The summed E-state index contributed by atoms with van der Waals surface area (Å²) in [4.78, 5) is 10.0. The van der Waals surface area contributed by atoms with Gasteiger partial charge in [0, 0.05) is 18.1 Å². The number of benzene rings is 1. The zero-order chi connectivity index (χ0) is 18.6. The lowest BCUT2D eigenvalue weighted by atomic mass is 10.1. The van der Waals surface area contributed by atoms with Gasteiger partial charge >= 0.3 is 0 Å². The Morgan fingerprint density at radius 1 is 1.11 bits per heavy atom. The van der Waals surface area contributed by atoms with Gasteiger partial charge in [-0.3, -0.25) is 0 Å². The number of thiophene rings is 1. The number of aromatic nitrogens is 3. The fraction of sp³-hybridized carbons (Fsp3) is 0.0952. The van der Waals surface area contributed by atoms with Crippen molar-refractivity contribution < 1.29 is 4.52 Å². The fourth-order valence-electron chi connectivity index (χ4n) is 2.73. The van der Waals surface area contributed by atoms with E-state index < -0.39 is 0 Å². The minimum absolute atomic E-state index is 0.485. The van der Waals surface area contributed by atoms with E-state index in [1.54, 1.807) is 17.5 Å². The van der Waals surface area contributed by atoms with E-state index in [0.717, 1.165) is 21.6 Å². The van der Waals surface area contributed by atoms with Crippen LogP contribution in [0.15, 0.2) is 64.6 Å². The molecule has 134 valence electrons. The van der Waals surface area contributed by atoms with Crippen molar-refractivity contribution in [3.05, 3.63) is 82.0 Å². The number of rotatable bonds is 5. The van der Waals surface area contributed by atoms with Crippen LogP contribution in [0, 0.1) is 6.92 Å². The Hall–Kier alpha value is -3.25. The van der Waals surface area contributed by atoms with Gasteiger partial charge in [-0.05, 0) is 42.1 Å². The van der Waals surface area contributed by atoms with E-state index >= 15 is 0 Å². The standard InChI is InChI=1S/C21H18N4OS/c1-14-7-9-15(10-8-14)13-17(18-6-4-12-27-18)21-24-20(25-26-21)16-5-3-11-23-19(16)22-2/h3-13H,1-2H3,(H,22,23)/b17-13+. The second-order valence-electron chi connectivity index (χ2n) is 6.02. The Labute approximate surface area is 161 Å². The van der Waals surface area contributed by atoms with Crippen molar-refractivity contribution in [3.8, 4) is 11.4 Å². The largest absolute Gasteiger partial charge is 0.373 e. The van der Waals surface area contributed by atoms with Gasteiger partial charge in [0.2, 0.25) is 5.82 Å². The van der Waals surface area contributed by atoms with Crippen molar-refractivity contribution in [2.24, 2.45) is 0 Å². The second kappa shape index (κ2) is 7.55. The van der Waals surface area contributed by atoms with E-state index in [1.807, 2.05) is 30.6 Å². The van der Waals surface area contributed by atoms with Crippen LogP contribution < -0.4 is 5.32 Å². The van der Waals surface area contributed by atoms with Crippen molar-refractivity contribution in [2.45, 2.75) is 6.92 Å². The van der Waals surface area contributed by atoms with E-state index in [9.17, 15) is 0 Å². The monoisotopic (exact) mass is 374 g/mol. The highest BCUT2D eigenvalue weighted by atomic mass is 32.1. The Bertz CT molecular complexity index is 1070. The summed E-state index contributed by atoms with van der Waals surface area (Å²) in [6, 6.07) is 16.2. The third-order valence-electron chi connectivity index (χ3n) is 4.12. The minimum Gasteiger partial charge on any atom is -0.373 e. The van der Waals surface area contributed by atoms with Gasteiger partial charge < -0.3 is 9.84 Å². The summed E-state index contributed by atoms with van der Waals surface area (Å²) in [6.07, 6.45) is 3.80. The van der Waals surface area contributed by atoms with Crippen LogP contribution in [0.25, 0.3) is 23.0 Å². The molecule has 4 aromatic rings. The highest BCUT2D eigenvalue weighted by Gasteiger charge is 2.17. The molecule has 0 spiro atoms. The van der Waals surface area contributed by atoms with Crippen LogP contribution in [-0.4, -0.2) is 22.2 Å². The molecule has 0 radical (unpaired) electrons. The maximum Gasteiger partial charge on any atom is 0.259 e. The number of pyridine rings is 1. The third-order valence-corrected chi connectivity index (χ3v) is 5.02. The smallest absolute Gasteiger partial charge is 0.259 e. The molecule has 0 amide bonds. The van der Waals surface area contributed by atoms with Gasteiger partial charge in [0.1, 0.15) is 5.82 Å². The van der Waals surface area contributed by atoms with Gasteiger partial charge in [-0.25, -0.2) is 4.98 Å². The number of anilines is 1. The molecule has 0 aliphatic heterocycles. The average molecular weight is 374 g/mol. The maximum absolute atomic E-state index is 5.62. The normalized spacial score (nSPS) is 11.6. The summed E-state index contributed by atoms with van der Waals surface area (Å²) >= 11 is 1.64. The summed E-state index contributed by atoms with van der Waals surface area (Å²) in [6.45, 7) is 2.07. The van der Waals surface area contributed by atoms with Crippen molar-refractivity contribution >= 4 is 28.8 Å². The van der Waals surface area contributed by atoms with Gasteiger partial charge in [-0.15, -0.1) is 11.3 Å². The maximum atomic E-state index is 5.62. The molecule has 0 bridgehead atoms. The molecule has 0 saturated heterocycles. The van der Waals surface area contributed by atoms with Gasteiger partial charge in [0.05, 0.1) is 11.1 Å². The predicted molar refractivity (Wildman–Crippen MR) is 110 cm³/mol. The first-order valence-electron chi connectivity index (χ1n) is 8.54. The molecule has 27 heavy (non-hydrogen) atoms. The molecule has 5 nitrogen and oxygen atoms in total. The van der Waals surface area contributed by atoms with E-state index in [1.165, 1.54) is 5.56 Å². The van der Waals surface area contributed by atoms with Gasteiger partial charge in [0.15, 0.2) is 0 Å². The summed E-state index contributed by atoms with van der Waals surface area (Å²) < 4.78 is 5.62. The lowest BCUT2D eigenvalue weighted by molar-refractivity contribution is 0.409. The molecule has 4 rings (SSSR count). The molecule has 0 aliphatic rings. The molecule has 6 heteroatoms. The van der Waals surface area contributed by atoms with Gasteiger partial charge in [0.25, 0.3) is 5.89 Å². The minimum atomic E-state index is 0.485. The summed E-state index contributed by atoms with van der Waals surface area (Å²) in [5, 5.41) is 9.28. The van der Waals surface area contributed by atoms with E-state index in [2.05, 4.69) is 63.8 Å². The lowest BCUT2D eigenvalue weighted by Crippen LogP contribution is -1.95. The Kier molecular flexibility index (Phi) is 4.80. The summed E-state index contributed by atoms with van der Waals surface area (Å²) in [5.74, 6) is 1.71. The van der Waals surface area contributed by atoms with Crippen LogP contribution in [0.4, 0.5) is 5.82 Å². The average Bonchev–Trinajstić information content (AvgIpc) is 3.40. The molecule has 1 aromatic carbocycles. The van der Waals surface area contributed by atoms with Crippen molar-refractivity contribution in [2.75, 3.05) is 12.4 Å². The topological polar surface area (TPSA) is 63.8 Å². The molecule has 0 fully saturated rings. The van der Waals surface area contributed by atoms with Crippen LogP contribution >= 0.6 is 11.3 Å². The quantitative estimate of drug-likeness (QED) is 0.524. The lowest BCUT2D eigenvalue weighted by Gasteiger charge is -2.03. The molecule has 0 aliphatic carbocycles. The first kappa shape index (κ1) is 17.2. The highest BCUT2D eigenvalue weighted by molar-refractivity contribution is 7.11. The van der Waals surface area contributed by atoms with Crippen molar-refractivity contribution in [1.82, 2.24) is 15.1 Å². The Morgan fingerprint density at radius 2 is 1.96 bits per heavy atom. The molecule has 1 N–H and O–H groups in total. The number of hydrogen-bond acceptors (Lipinski definition) is 6. The number of aryl methyl sites for hydroxylation is 1. The number of nitrogens with zero attached hydrogens (tertiary/aromatic N) is 3. The molecular weight excluding hydrogens is 356 g/mol. The summed E-state index contributed by atoms with van der Waals surface area (Å²) in [7, 11) is 1.82. The second-order valence-corrected chi connectivity index (χ2v) is 6.97. The molecular formula is C21H18N4OS. The van der Waals surface area contributed by atoms with Gasteiger partial charge in [-0.1, -0.05) is 41.1 Å². The molecule has 0 unspecified atom stereocenters. The SMILES string of the molecule is CNc1ncccc1-c1noc(/C(=C/c2ccc(C)cc2)c2cccs2)n1. The predicted octanol–water partition coefficient (Wildman–Crippen LogP) is 5.13. The first-order valence-corrected chi connectivity index (χ1v) is 9.42. The molecule has 3 aromatic heterocycles. The van der Waals surface area contributed by atoms with Crippen LogP contribution in [0.5, 0.6) is 0 Å². The third kappa shape index (κ3) is 3.66. The summed E-state index contributed by atoms with van der Waals surface area (Å²) in [5.41, 5.74) is 4.01. The molecule has 0 saturated carbocycles. The Balaban J connectivity index is 1.78. The van der Waals surface area contributed by atoms with E-state index in [4.69, 9.17) is 4.52 Å². The van der Waals surface area contributed by atoms with Crippen LogP contribution in [0.3, 0.4) is 0 Å². The zero-order valence-electron chi connectivity index (χ0n) is 15.0. The Morgan fingerprint density at radius 3 is 2.70 bits per heavy atom. The number of nitrogens with one attached hydrogen (secondary N) is 1. The zero-order valence-corrected chi connectivity index (χ0v) is 15.8. The van der Waals surface area contributed by atoms with Crippen molar-refractivity contribution in [1.29, 1.82) is 0 Å². The fourth-order valence-corrected chi connectivity index (χ4v) is 3.46. The number of hydrogen-bond donors (Lipinski definition) is 1. The van der Waals surface area contributed by atoms with Gasteiger partial charge in [-0.2, -0.15) is 4.98 Å². The van der Waals surface area contributed by atoms with Crippen LogP contribution in [-0.2, 0) is 0 Å². The molecule has 3 heterocycles. The van der Waals surface area contributed by atoms with Crippen molar-refractivity contribution in [3.63, 3.8) is 0 Å². The van der Waals surface area contributed by atoms with Crippen LogP contribution in [0.1, 0.15) is 21.9 Å². The molecule has 0 atom stereocenters.